The van der Waals surface area contributed by atoms with E-state index in [1.165, 1.54) is 32.1 Å². The first-order valence-corrected chi connectivity index (χ1v) is 8.87. The van der Waals surface area contributed by atoms with Gasteiger partial charge in [0.25, 0.3) is 0 Å². The maximum absolute atomic E-state index is 10.0. The molecule has 0 radical (unpaired) electrons. The highest BCUT2D eigenvalue weighted by Crippen LogP contribution is 2.34. The fourth-order valence-electron chi connectivity index (χ4n) is 3.47. The van der Waals surface area contributed by atoms with Crippen LogP contribution in [0.2, 0.25) is 0 Å². The SMILES string of the molecule is CCCCC(CC)COCC(O)CNC1CC2CCC1O2. The molecule has 5 atom stereocenters. The maximum Gasteiger partial charge on any atom is 0.0897 e. The maximum atomic E-state index is 10.0. The first kappa shape index (κ1) is 17.2. The Hall–Kier alpha value is -0.160. The molecule has 0 amide bonds. The molecule has 4 nitrogen and oxygen atoms in total. The van der Waals surface area contributed by atoms with Crippen molar-refractivity contribution >= 4 is 0 Å². The third kappa shape index (κ3) is 5.51. The highest BCUT2D eigenvalue weighted by Gasteiger charge is 2.40. The van der Waals surface area contributed by atoms with Crippen LogP contribution in [0.3, 0.4) is 0 Å². The van der Waals surface area contributed by atoms with E-state index in [0.29, 0.717) is 37.3 Å². The van der Waals surface area contributed by atoms with Crippen molar-refractivity contribution in [3.8, 4) is 0 Å². The second kappa shape index (κ2) is 9.09. The Morgan fingerprint density at radius 2 is 2.14 bits per heavy atom. The molecule has 5 unspecified atom stereocenters. The first-order chi connectivity index (χ1) is 10.2. The molecule has 2 aliphatic rings. The van der Waals surface area contributed by atoms with Crippen LogP contribution >= 0.6 is 0 Å². The van der Waals surface area contributed by atoms with Crippen LogP contribution in [0.5, 0.6) is 0 Å². The molecule has 2 saturated heterocycles. The fraction of sp³-hybridized carbons (Fsp3) is 1.00. The molecule has 4 heteroatoms. The van der Waals surface area contributed by atoms with Crippen molar-refractivity contribution in [3.63, 3.8) is 0 Å². The molecule has 2 bridgehead atoms. The Morgan fingerprint density at radius 1 is 1.29 bits per heavy atom. The molecule has 2 N–H and O–H groups in total. The Balaban J connectivity index is 1.52. The molecule has 0 aromatic rings. The van der Waals surface area contributed by atoms with Crippen molar-refractivity contribution in [2.24, 2.45) is 5.92 Å². The van der Waals surface area contributed by atoms with E-state index in [9.17, 15) is 5.11 Å². The van der Waals surface area contributed by atoms with Gasteiger partial charge < -0.3 is 19.9 Å². The molecule has 0 aromatic heterocycles. The van der Waals surface area contributed by atoms with Crippen molar-refractivity contribution in [2.45, 2.75) is 83.1 Å². The quantitative estimate of drug-likeness (QED) is 0.615. The summed E-state index contributed by atoms with van der Waals surface area (Å²) < 4.78 is 11.5. The average Bonchev–Trinajstić information content (AvgIpc) is 3.11. The largest absolute Gasteiger partial charge is 0.389 e. The minimum atomic E-state index is -0.409. The molecule has 124 valence electrons. The standard InChI is InChI=1S/C17H33NO3/c1-3-5-6-13(4-2)11-20-12-14(19)10-18-16-9-15-7-8-17(16)21-15/h13-19H,3-12H2,1-2H3. The fourth-order valence-corrected chi connectivity index (χ4v) is 3.47. The van der Waals surface area contributed by atoms with Crippen molar-refractivity contribution in [1.82, 2.24) is 5.32 Å². The predicted octanol–water partition coefficient (Wildman–Crippen LogP) is 2.49. The monoisotopic (exact) mass is 299 g/mol. The number of rotatable bonds is 11. The summed E-state index contributed by atoms with van der Waals surface area (Å²) in [7, 11) is 0. The lowest BCUT2D eigenvalue weighted by Gasteiger charge is -2.22. The lowest BCUT2D eigenvalue weighted by molar-refractivity contribution is 0.0169. The Bertz CT molecular complexity index is 287. The summed E-state index contributed by atoms with van der Waals surface area (Å²) in [4.78, 5) is 0. The van der Waals surface area contributed by atoms with E-state index in [-0.39, 0.29) is 0 Å². The minimum Gasteiger partial charge on any atom is -0.389 e. The lowest BCUT2D eigenvalue weighted by Crippen LogP contribution is -2.42. The van der Waals surface area contributed by atoms with Gasteiger partial charge in [-0.2, -0.15) is 0 Å². The van der Waals surface area contributed by atoms with E-state index >= 15 is 0 Å². The number of aliphatic hydroxyl groups is 1. The number of ether oxygens (including phenoxy) is 2. The first-order valence-electron chi connectivity index (χ1n) is 8.87. The smallest absolute Gasteiger partial charge is 0.0897 e. The third-order valence-electron chi connectivity index (χ3n) is 4.93. The normalized spacial score (nSPS) is 30.7. The number of nitrogens with one attached hydrogen (secondary N) is 1. The predicted molar refractivity (Wildman–Crippen MR) is 84.4 cm³/mol. The Labute approximate surface area is 129 Å². The van der Waals surface area contributed by atoms with E-state index in [4.69, 9.17) is 9.47 Å². The highest BCUT2D eigenvalue weighted by molar-refractivity contribution is 4.94. The van der Waals surface area contributed by atoms with Gasteiger partial charge in [-0.1, -0.05) is 33.1 Å². The summed E-state index contributed by atoms with van der Waals surface area (Å²) in [5.74, 6) is 0.643. The number of hydrogen-bond donors (Lipinski definition) is 2. The van der Waals surface area contributed by atoms with Crippen LogP contribution in [0.4, 0.5) is 0 Å². The number of aliphatic hydroxyl groups excluding tert-OH is 1. The van der Waals surface area contributed by atoms with Gasteiger partial charge in [0, 0.05) is 19.2 Å². The molecule has 0 saturated carbocycles. The molecular weight excluding hydrogens is 266 g/mol. The van der Waals surface area contributed by atoms with Gasteiger partial charge in [0.1, 0.15) is 0 Å². The van der Waals surface area contributed by atoms with Gasteiger partial charge in [0.2, 0.25) is 0 Å². The van der Waals surface area contributed by atoms with Crippen LogP contribution < -0.4 is 5.32 Å². The molecular formula is C17H33NO3. The Morgan fingerprint density at radius 3 is 2.76 bits per heavy atom. The zero-order valence-electron chi connectivity index (χ0n) is 13.7. The van der Waals surface area contributed by atoms with E-state index < -0.39 is 6.10 Å². The summed E-state index contributed by atoms with van der Waals surface area (Å²) in [6.45, 7) is 6.28. The van der Waals surface area contributed by atoms with Gasteiger partial charge in [-0.15, -0.1) is 0 Å². The topological polar surface area (TPSA) is 50.7 Å². The molecule has 21 heavy (non-hydrogen) atoms. The molecule has 2 heterocycles. The van der Waals surface area contributed by atoms with Crippen LogP contribution in [-0.2, 0) is 9.47 Å². The average molecular weight is 299 g/mol. The lowest BCUT2D eigenvalue weighted by atomic mass is 9.95. The van der Waals surface area contributed by atoms with E-state index in [2.05, 4.69) is 19.2 Å². The summed E-state index contributed by atoms with van der Waals surface area (Å²) in [5, 5.41) is 13.5. The van der Waals surface area contributed by atoms with Crippen LogP contribution in [0, 0.1) is 5.92 Å². The van der Waals surface area contributed by atoms with Crippen LogP contribution in [0.25, 0.3) is 0 Å². The van der Waals surface area contributed by atoms with Crippen LogP contribution in [0.1, 0.15) is 58.8 Å². The van der Waals surface area contributed by atoms with E-state index in [0.717, 1.165) is 19.4 Å². The van der Waals surface area contributed by atoms with Crippen molar-refractivity contribution < 1.29 is 14.6 Å². The molecule has 2 fully saturated rings. The second-order valence-corrected chi connectivity index (χ2v) is 6.73. The molecule has 2 aliphatic heterocycles. The van der Waals surface area contributed by atoms with E-state index in [1.807, 2.05) is 0 Å². The highest BCUT2D eigenvalue weighted by atomic mass is 16.5. The number of fused-ring (bicyclic) bond motifs is 2. The minimum absolute atomic E-state index is 0.377. The van der Waals surface area contributed by atoms with Gasteiger partial charge in [-0.3, -0.25) is 0 Å². The summed E-state index contributed by atoms with van der Waals surface area (Å²) in [6.07, 6.45) is 8.84. The molecule has 0 spiro atoms. The van der Waals surface area contributed by atoms with Crippen LogP contribution in [0.15, 0.2) is 0 Å². The van der Waals surface area contributed by atoms with Gasteiger partial charge in [-0.25, -0.2) is 0 Å². The third-order valence-corrected chi connectivity index (χ3v) is 4.93. The van der Waals surface area contributed by atoms with Gasteiger partial charge in [0.05, 0.1) is 24.9 Å². The number of unbranched alkanes of at least 4 members (excludes halogenated alkanes) is 1. The van der Waals surface area contributed by atoms with Crippen LogP contribution in [-0.4, -0.2) is 49.2 Å². The van der Waals surface area contributed by atoms with Gasteiger partial charge in [-0.05, 0) is 31.6 Å². The van der Waals surface area contributed by atoms with Crippen molar-refractivity contribution in [3.05, 3.63) is 0 Å². The molecule has 2 rings (SSSR count). The Kier molecular flexibility index (Phi) is 7.44. The summed E-state index contributed by atoms with van der Waals surface area (Å²) in [6, 6.07) is 0.436. The second-order valence-electron chi connectivity index (χ2n) is 6.73. The summed E-state index contributed by atoms with van der Waals surface area (Å²) >= 11 is 0. The number of hydrogen-bond acceptors (Lipinski definition) is 4. The van der Waals surface area contributed by atoms with Gasteiger partial charge >= 0.3 is 0 Å². The van der Waals surface area contributed by atoms with E-state index in [1.54, 1.807) is 0 Å². The van der Waals surface area contributed by atoms with Gasteiger partial charge in [0.15, 0.2) is 0 Å². The molecule has 0 aromatic carbocycles. The zero-order valence-corrected chi connectivity index (χ0v) is 13.7. The zero-order chi connectivity index (χ0) is 15.1. The molecule has 0 aliphatic carbocycles. The summed E-state index contributed by atoms with van der Waals surface area (Å²) in [5.41, 5.74) is 0. The van der Waals surface area contributed by atoms with Crippen molar-refractivity contribution in [2.75, 3.05) is 19.8 Å². The van der Waals surface area contributed by atoms with Crippen molar-refractivity contribution in [1.29, 1.82) is 0 Å².